The van der Waals surface area contributed by atoms with Gasteiger partial charge in [-0.2, -0.15) is 0 Å². The van der Waals surface area contributed by atoms with Crippen LogP contribution in [0.4, 0.5) is 0 Å². The van der Waals surface area contributed by atoms with Crippen molar-refractivity contribution < 1.29 is 43.7 Å². The van der Waals surface area contributed by atoms with Crippen molar-refractivity contribution in [3.05, 3.63) is 107 Å². The number of aliphatic carboxylic acids is 2. The summed E-state index contributed by atoms with van der Waals surface area (Å²) in [6, 6.07) is 22.9. The van der Waals surface area contributed by atoms with Crippen LogP contribution in [0.5, 0.6) is 0 Å². The number of Topliss-reactive ketones (excluding diaryl/α,β-unsaturated/α-hetero) is 1. The van der Waals surface area contributed by atoms with E-state index in [0.717, 1.165) is 31.5 Å². The molecule has 1 saturated heterocycles. The second-order valence-electron chi connectivity index (χ2n) is 10.3. The van der Waals surface area contributed by atoms with E-state index in [1.807, 2.05) is 24.3 Å². The number of likely N-dealkylation sites (tertiary alicyclic amines) is 1. The molecule has 0 aliphatic carbocycles. The third-order valence-electron chi connectivity index (χ3n) is 7.03. The minimum atomic E-state index is -2.21. The van der Waals surface area contributed by atoms with Gasteiger partial charge >= 0.3 is 23.9 Å². The smallest absolute Gasteiger partial charge is 0.349 e. The fraction of sp³-hybridized carbons (Fsp3) is 0.324. The van der Waals surface area contributed by atoms with Gasteiger partial charge in [0.05, 0.1) is 17.2 Å². The van der Waals surface area contributed by atoms with Crippen LogP contribution in [0, 0.1) is 6.92 Å². The molecule has 4 rings (SSSR count). The lowest BCUT2D eigenvalue weighted by atomic mass is 9.98. The second-order valence-corrected chi connectivity index (χ2v) is 10.3. The van der Waals surface area contributed by atoms with Crippen molar-refractivity contribution in [2.75, 3.05) is 13.1 Å². The fourth-order valence-corrected chi connectivity index (χ4v) is 4.72. The van der Waals surface area contributed by atoms with Crippen LogP contribution < -0.4 is 0 Å². The van der Waals surface area contributed by atoms with E-state index in [0.29, 0.717) is 5.78 Å². The van der Waals surface area contributed by atoms with Gasteiger partial charge in [-0.25, -0.2) is 19.2 Å². The molecule has 1 fully saturated rings. The highest BCUT2D eigenvalue weighted by molar-refractivity contribution is 6.00. The highest BCUT2D eigenvalue weighted by Crippen LogP contribution is 2.20. The van der Waals surface area contributed by atoms with Gasteiger partial charge in [-0.3, -0.25) is 9.69 Å². The van der Waals surface area contributed by atoms with E-state index in [9.17, 15) is 34.2 Å². The van der Waals surface area contributed by atoms with Crippen LogP contribution in [0.3, 0.4) is 0 Å². The van der Waals surface area contributed by atoms with Gasteiger partial charge in [0, 0.05) is 5.56 Å². The molecule has 3 atom stereocenters. The third kappa shape index (κ3) is 9.60. The van der Waals surface area contributed by atoms with E-state index in [4.69, 9.17) is 9.47 Å². The lowest BCUT2D eigenvalue weighted by Crippen LogP contribution is -2.45. The summed E-state index contributed by atoms with van der Waals surface area (Å²) in [5.41, 5.74) is 2.13. The number of hydrogen-bond donors (Lipinski definition) is 2. The predicted molar refractivity (Wildman–Crippen MR) is 162 cm³/mol. The normalized spacial score (nSPS) is 14.7. The minimum Gasteiger partial charge on any atom is -0.478 e. The molecule has 0 unspecified atom stereocenters. The summed E-state index contributed by atoms with van der Waals surface area (Å²) in [5, 5.41) is 18.5. The number of carbonyl (C=O) groups excluding carboxylic acids is 3. The first-order valence-corrected chi connectivity index (χ1v) is 14.4. The maximum absolute atomic E-state index is 12.6. The molecular formula is C34H37NO9. The maximum Gasteiger partial charge on any atom is 0.349 e. The van der Waals surface area contributed by atoms with E-state index < -0.39 is 36.1 Å². The SMILES string of the molecule is CCC[C@@H](C(=O)c1ccc(C)cc1)N1CCCC1.O=C(O[C@@H](C(=O)O)[C@@H](OC(=O)c1ccccc1)C(=O)O)c1ccccc1. The van der Waals surface area contributed by atoms with Gasteiger partial charge in [0.15, 0.2) is 5.78 Å². The Kier molecular flexibility index (Phi) is 12.8. The van der Waals surface area contributed by atoms with Crippen molar-refractivity contribution in [3.63, 3.8) is 0 Å². The largest absolute Gasteiger partial charge is 0.478 e. The van der Waals surface area contributed by atoms with Crippen LogP contribution in [-0.2, 0) is 19.1 Å². The van der Waals surface area contributed by atoms with Crippen LogP contribution in [0.25, 0.3) is 0 Å². The first-order valence-electron chi connectivity index (χ1n) is 14.4. The molecule has 232 valence electrons. The highest BCUT2D eigenvalue weighted by atomic mass is 16.6. The molecule has 10 heteroatoms. The van der Waals surface area contributed by atoms with Gasteiger partial charge in [-0.15, -0.1) is 0 Å². The molecule has 1 aliphatic heterocycles. The Morgan fingerprint density at radius 3 is 1.50 bits per heavy atom. The van der Waals surface area contributed by atoms with Gasteiger partial charge in [-0.05, 0) is 63.5 Å². The van der Waals surface area contributed by atoms with E-state index in [1.165, 1.54) is 66.9 Å². The summed E-state index contributed by atoms with van der Waals surface area (Å²) in [5.74, 6) is -5.33. The Hall–Kier alpha value is -4.83. The number of ether oxygens (including phenoxy) is 2. The summed E-state index contributed by atoms with van der Waals surface area (Å²) in [6.45, 7) is 6.38. The van der Waals surface area contributed by atoms with E-state index in [-0.39, 0.29) is 17.2 Å². The number of rotatable bonds is 12. The summed E-state index contributed by atoms with van der Waals surface area (Å²) in [7, 11) is 0. The summed E-state index contributed by atoms with van der Waals surface area (Å²) < 4.78 is 9.52. The lowest BCUT2D eigenvalue weighted by molar-refractivity contribution is -0.166. The molecule has 2 N–H and O–H groups in total. The van der Waals surface area contributed by atoms with Gasteiger partial charge in [0.1, 0.15) is 0 Å². The van der Waals surface area contributed by atoms with Crippen LogP contribution in [0.15, 0.2) is 84.9 Å². The van der Waals surface area contributed by atoms with E-state index in [1.54, 1.807) is 12.1 Å². The number of carboxylic acid groups (broad SMARTS) is 2. The topological polar surface area (TPSA) is 148 Å². The summed E-state index contributed by atoms with van der Waals surface area (Å²) in [4.78, 5) is 61.8. The molecular weight excluding hydrogens is 566 g/mol. The van der Waals surface area contributed by atoms with Crippen LogP contribution >= 0.6 is 0 Å². The van der Waals surface area contributed by atoms with E-state index >= 15 is 0 Å². The summed E-state index contributed by atoms with van der Waals surface area (Å²) in [6.07, 6.45) is 0.0922. The monoisotopic (exact) mass is 603 g/mol. The minimum absolute atomic E-state index is 0.0253. The molecule has 1 heterocycles. The zero-order valence-electron chi connectivity index (χ0n) is 24.8. The number of hydrogen-bond acceptors (Lipinski definition) is 8. The third-order valence-corrected chi connectivity index (χ3v) is 7.03. The molecule has 10 nitrogen and oxygen atoms in total. The Morgan fingerprint density at radius 2 is 1.11 bits per heavy atom. The van der Waals surface area contributed by atoms with Crippen molar-refractivity contribution in [2.24, 2.45) is 0 Å². The van der Waals surface area contributed by atoms with Crippen molar-refractivity contribution in [1.82, 2.24) is 4.90 Å². The molecule has 0 saturated carbocycles. The molecule has 0 bridgehead atoms. The molecule has 0 radical (unpaired) electrons. The molecule has 3 aromatic rings. The van der Waals surface area contributed by atoms with Gasteiger partial charge in [0.25, 0.3) is 0 Å². The van der Waals surface area contributed by atoms with Crippen LogP contribution in [0.1, 0.15) is 69.2 Å². The second kappa shape index (κ2) is 16.7. The number of benzene rings is 3. The molecule has 1 aliphatic rings. The number of ketones is 1. The van der Waals surface area contributed by atoms with Crippen molar-refractivity contribution in [3.8, 4) is 0 Å². The lowest BCUT2D eigenvalue weighted by Gasteiger charge is -2.26. The average Bonchev–Trinajstić information content (AvgIpc) is 3.57. The van der Waals surface area contributed by atoms with Gasteiger partial charge in [0.2, 0.25) is 12.2 Å². The van der Waals surface area contributed by atoms with Crippen molar-refractivity contribution in [2.45, 2.75) is 57.8 Å². The van der Waals surface area contributed by atoms with Crippen LogP contribution in [0.2, 0.25) is 0 Å². The van der Waals surface area contributed by atoms with Crippen molar-refractivity contribution in [1.29, 1.82) is 0 Å². The van der Waals surface area contributed by atoms with Gasteiger partial charge < -0.3 is 19.7 Å². The first kappa shape index (κ1) is 33.7. The molecule has 44 heavy (non-hydrogen) atoms. The number of esters is 2. The standard InChI is InChI=1S/C18H14O8.C16H23NO/c19-15(20)13(25-17(23)11-7-3-1-4-8-11)14(16(21)22)26-18(24)12-9-5-2-6-10-12;1-3-6-15(17-11-4-5-12-17)16(18)14-9-7-13(2)8-10-14/h1-10,13-14H,(H,19,20)(H,21,22);7-10,15H,3-6,11-12H2,1-2H3/t13-,14-;15-/m10/s1. The predicted octanol–water partition coefficient (Wildman–Crippen LogP) is 5.05. The number of nitrogens with zero attached hydrogens (tertiary/aromatic N) is 1. The molecule has 0 spiro atoms. The molecule has 0 aromatic heterocycles. The maximum atomic E-state index is 12.6. The van der Waals surface area contributed by atoms with E-state index in [2.05, 4.69) is 18.7 Å². The number of carbonyl (C=O) groups is 5. The average molecular weight is 604 g/mol. The summed E-state index contributed by atoms with van der Waals surface area (Å²) >= 11 is 0. The Morgan fingerprint density at radius 1 is 0.682 bits per heavy atom. The molecule has 0 amide bonds. The quantitative estimate of drug-likeness (QED) is 0.213. The first-order chi connectivity index (χ1) is 21.1. The van der Waals surface area contributed by atoms with Gasteiger partial charge in [-0.1, -0.05) is 79.6 Å². The Labute approximate surface area is 256 Å². The zero-order valence-corrected chi connectivity index (χ0v) is 24.8. The Bertz CT molecular complexity index is 1330. The number of carboxylic acids is 2. The number of aryl methyl sites for hydroxylation is 1. The Balaban J connectivity index is 0.000000257. The van der Waals surface area contributed by atoms with Crippen LogP contribution in [-0.4, -0.2) is 76.1 Å². The highest BCUT2D eigenvalue weighted by Gasteiger charge is 2.41. The fourth-order valence-electron chi connectivity index (χ4n) is 4.72. The van der Waals surface area contributed by atoms with Crippen molar-refractivity contribution >= 4 is 29.7 Å². The zero-order chi connectivity index (χ0) is 32.1. The molecule has 3 aromatic carbocycles.